The second-order valence-electron chi connectivity index (χ2n) is 6.45. The van der Waals surface area contributed by atoms with Crippen LogP contribution in [0.1, 0.15) is 43.0 Å². The van der Waals surface area contributed by atoms with Gasteiger partial charge in [-0.25, -0.2) is 9.97 Å². The van der Waals surface area contributed by atoms with E-state index in [-0.39, 0.29) is 5.91 Å². The van der Waals surface area contributed by atoms with Gasteiger partial charge in [0, 0.05) is 51.9 Å². The van der Waals surface area contributed by atoms with Crippen LogP contribution in [0, 0.1) is 0 Å². The number of nitrogens with zero attached hydrogens (tertiary/aromatic N) is 4. The lowest BCUT2D eigenvalue weighted by Crippen LogP contribution is -2.45. The summed E-state index contributed by atoms with van der Waals surface area (Å²) in [5.74, 6) is 0.241. The van der Waals surface area contributed by atoms with E-state index >= 15 is 0 Å². The summed E-state index contributed by atoms with van der Waals surface area (Å²) in [4.78, 5) is 24.9. The SMILES string of the molecule is CCCCN(C)C(=O)c1cnc(N2CCC3(CC2)OCCO3)nc1. The molecule has 7 heteroatoms. The van der Waals surface area contributed by atoms with Crippen molar-refractivity contribution in [2.24, 2.45) is 0 Å². The van der Waals surface area contributed by atoms with Crippen LogP contribution in [0.3, 0.4) is 0 Å². The van der Waals surface area contributed by atoms with Gasteiger partial charge >= 0.3 is 0 Å². The van der Waals surface area contributed by atoms with E-state index in [1.54, 1.807) is 17.3 Å². The van der Waals surface area contributed by atoms with Crippen LogP contribution >= 0.6 is 0 Å². The molecule has 0 saturated carbocycles. The first-order chi connectivity index (χ1) is 11.6. The molecular formula is C17H26N4O3. The van der Waals surface area contributed by atoms with Gasteiger partial charge in [0.2, 0.25) is 5.95 Å². The third kappa shape index (κ3) is 3.67. The zero-order chi connectivity index (χ0) is 17.0. The first-order valence-corrected chi connectivity index (χ1v) is 8.74. The van der Waals surface area contributed by atoms with E-state index in [4.69, 9.17) is 9.47 Å². The Morgan fingerprint density at radius 3 is 2.46 bits per heavy atom. The molecule has 1 amide bonds. The Labute approximate surface area is 143 Å². The average molecular weight is 334 g/mol. The Balaban J connectivity index is 1.58. The summed E-state index contributed by atoms with van der Waals surface area (Å²) in [5, 5.41) is 0. The lowest BCUT2D eigenvalue weighted by atomic mass is 10.0. The van der Waals surface area contributed by atoms with E-state index in [0.717, 1.165) is 45.3 Å². The summed E-state index contributed by atoms with van der Waals surface area (Å²) in [6.07, 6.45) is 6.95. The van der Waals surface area contributed by atoms with Gasteiger partial charge in [-0.1, -0.05) is 13.3 Å². The zero-order valence-electron chi connectivity index (χ0n) is 14.5. The molecule has 24 heavy (non-hydrogen) atoms. The number of carbonyl (C=O) groups is 1. The molecule has 0 bridgehead atoms. The van der Waals surface area contributed by atoms with Gasteiger partial charge < -0.3 is 19.3 Å². The third-order valence-electron chi connectivity index (χ3n) is 4.70. The molecule has 2 fully saturated rings. The normalized spacial score (nSPS) is 19.7. The Hall–Kier alpha value is -1.73. The standard InChI is InChI=1S/C17H26N4O3/c1-3-4-7-20(2)15(22)14-12-18-16(19-13-14)21-8-5-17(6-9-21)23-10-11-24-17/h12-13H,3-11H2,1-2H3. The number of piperidine rings is 1. The van der Waals surface area contributed by atoms with Crippen LogP contribution < -0.4 is 4.90 Å². The van der Waals surface area contributed by atoms with Crippen LogP contribution in [-0.4, -0.2) is 66.5 Å². The number of amides is 1. The van der Waals surface area contributed by atoms with Crippen molar-refractivity contribution in [3.63, 3.8) is 0 Å². The van der Waals surface area contributed by atoms with Crippen LogP contribution in [0.15, 0.2) is 12.4 Å². The van der Waals surface area contributed by atoms with Crippen molar-refractivity contribution in [1.82, 2.24) is 14.9 Å². The van der Waals surface area contributed by atoms with Crippen molar-refractivity contribution in [2.45, 2.75) is 38.4 Å². The van der Waals surface area contributed by atoms with Crippen molar-refractivity contribution in [1.29, 1.82) is 0 Å². The van der Waals surface area contributed by atoms with Crippen molar-refractivity contribution >= 4 is 11.9 Å². The molecule has 0 unspecified atom stereocenters. The Morgan fingerprint density at radius 1 is 1.25 bits per heavy atom. The summed E-state index contributed by atoms with van der Waals surface area (Å²) < 4.78 is 11.5. The molecule has 0 radical (unpaired) electrons. The molecule has 1 aromatic heterocycles. The Kier molecular flexibility index (Phi) is 5.30. The second-order valence-corrected chi connectivity index (χ2v) is 6.45. The maximum absolute atomic E-state index is 12.3. The molecule has 132 valence electrons. The molecule has 1 spiro atoms. The number of aromatic nitrogens is 2. The molecule has 0 aliphatic carbocycles. The fourth-order valence-corrected chi connectivity index (χ4v) is 3.15. The fraction of sp³-hybridized carbons (Fsp3) is 0.706. The molecule has 7 nitrogen and oxygen atoms in total. The first-order valence-electron chi connectivity index (χ1n) is 8.74. The highest BCUT2D eigenvalue weighted by molar-refractivity contribution is 5.93. The molecule has 3 heterocycles. The minimum atomic E-state index is -0.394. The number of rotatable bonds is 5. The summed E-state index contributed by atoms with van der Waals surface area (Å²) >= 11 is 0. The van der Waals surface area contributed by atoms with Crippen LogP contribution in [0.5, 0.6) is 0 Å². The molecule has 2 aliphatic rings. The largest absolute Gasteiger partial charge is 0.347 e. The molecule has 1 aromatic rings. The topological polar surface area (TPSA) is 67.8 Å². The minimum absolute atomic E-state index is 0.0275. The van der Waals surface area contributed by atoms with E-state index in [1.807, 2.05) is 7.05 Å². The van der Waals surface area contributed by atoms with Gasteiger partial charge in [-0.05, 0) is 6.42 Å². The third-order valence-corrected chi connectivity index (χ3v) is 4.70. The van der Waals surface area contributed by atoms with Crippen molar-refractivity contribution in [3.8, 4) is 0 Å². The molecule has 0 aromatic carbocycles. The van der Waals surface area contributed by atoms with Gasteiger partial charge in [-0.15, -0.1) is 0 Å². The maximum atomic E-state index is 12.3. The minimum Gasteiger partial charge on any atom is -0.347 e. The smallest absolute Gasteiger partial charge is 0.256 e. The summed E-state index contributed by atoms with van der Waals surface area (Å²) in [6, 6.07) is 0. The second kappa shape index (κ2) is 7.44. The Bertz CT molecular complexity index is 547. The molecule has 3 rings (SSSR count). The maximum Gasteiger partial charge on any atom is 0.256 e. The van der Waals surface area contributed by atoms with E-state index in [0.29, 0.717) is 24.7 Å². The van der Waals surface area contributed by atoms with E-state index in [9.17, 15) is 4.79 Å². The fourth-order valence-electron chi connectivity index (χ4n) is 3.15. The average Bonchev–Trinajstić information content (AvgIpc) is 3.08. The van der Waals surface area contributed by atoms with Crippen molar-refractivity contribution in [3.05, 3.63) is 18.0 Å². The lowest BCUT2D eigenvalue weighted by molar-refractivity contribution is -0.169. The summed E-state index contributed by atoms with van der Waals surface area (Å²) in [6.45, 7) is 5.82. The van der Waals surface area contributed by atoms with Gasteiger partial charge in [-0.3, -0.25) is 4.79 Å². The van der Waals surface area contributed by atoms with Gasteiger partial charge in [0.05, 0.1) is 18.8 Å². The van der Waals surface area contributed by atoms with Crippen LogP contribution in [0.4, 0.5) is 5.95 Å². The molecule has 0 N–H and O–H groups in total. The highest BCUT2D eigenvalue weighted by atomic mass is 16.7. The zero-order valence-corrected chi connectivity index (χ0v) is 14.5. The van der Waals surface area contributed by atoms with Crippen LogP contribution in [0.2, 0.25) is 0 Å². The number of ether oxygens (including phenoxy) is 2. The highest BCUT2D eigenvalue weighted by Crippen LogP contribution is 2.32. The van der Waals surface area contributed by atoms with E-state index < -0.39 is 5.79 Å². The van der Waals surface area contributed by atoms with Gasteiger partial charge in [0.1, 0.15) is 0 Å². The Morgan fingerprint density at radius 2 is 1.88 bits per heavy atom. The number of unbranched alkanes of at least 4 members (excludes halogenated alkanes) is 1. The van der Waals surface area contributed by atoms with Crippen LogP contribution in [-0.2, 0) is 9.47 Å². The van der Waals surface area contributed by atoms with E-state index in [1.165, 1.54) is 0 Å². The number of anilines is 1. The predicted molar refractivity (Wildman–Crippen MR) is 90.0 cm³/mol. The summed E-state index contributed by atoms with van der Waals surface area (Å²) in [7, 11) is 1.82. The first kappa shape index (κ1) is 17.1. The van der Waals surface area contributed by atoms with Crippen molar-refractivity contribution < 1.29 is 14.3 Å². The quantitative estimate of drug-likeness (QED) is 0.816. The predicted octanol–water partition coefficient (Wildman–Crippen LogP) is 1.69. The van der Waals surface area contributed by atoms with Crippen molar-refractivity contribution in [2.75, 3.05) is 44.8 Å². The van der Waals surface area contributed by atoms with Crippen LogP contribution in [0.25, 0.3) is 0 Å². The lowest BCUT2D eigenvalue weighted by Gasteiger charge is -2.37. The monoisotopic (exact) mass is 334 g/mol. The van der Waals surface area contributed by atoms with Gasteiger partial charge in [0.25, 0.3) is 5.91 Å². The number of hydrogen-bond acceptors (Lipinski definition) is 6. The highest BCUT2D eigenvalue weighted by Gasteiger charge is 2.40. The van der Waals surface area contributed by atoms with Gasteiger partial charge in [0.15, 0.2) is 5.79 Å². The molecular weight excluding hydrogens is 308 g/mol. The van der Waals surface area contributed by atoms with E-state index in [2.05, 4.69) is 21.8 Å². The summed E-state index contributed by atoms with van der Waals surface area (Å²) in [5.41, 5.74) is 0.535. The number of hydrogen-bond donors (Lipinski definition) is 0. The molecule has 2 saturated heterocycles. The molecule has 0 atom stereocenters. The molecule has 2 aliphatic heterocycles. The van der Waals surface area contributed by atoms with Gasteiger partial charge in [-0.2, -0.15) is 0 Å². The number of carbonyl (C=O) groups excluding carboxylic acids is 1.